The van der Waals surface area contributed by atoms with Crippen molar-refractivity contribution in [2.24, 2.45) is 5.41 Å². The average molecular weight is 221 g/mol. The van der Waals surface area contributed by atoms with Crippen molar-refractivity contribution in [2.45, 2.75) is 33.6 Å². The van der Waals surface area contributed by atoms with Crippen molar-refractivity contribution in [3.63, 3.8) is 0 Å². The maximum absolute atomic E-state index is 11.6. The largest absolute Gasteiger partial charge is 0.351 e. The molecule has 1 aromatic rings. The van der Waals surface area contributed by atoms with E-state index in [0.29, 0.717) is 17.7 Å². The van der Waals surface area contributed by atoms with Crippen LogP contribution >= 0.6 is 0 Å². The molecule has 1 aromatic heterocycles. The third kappa shape index (κ3) is 4.87. The van der Waals surface area contributed by atoms with E-state index in [1.165, 1.54) is 6.33 Å². The molecule has 0 saturated heterocycles. The predicted molar refractivity (Wildman–Crippen MR) is 63.1 cm³/mol. The second kappa shape index (κ2) is 5.58. The van der Waals surface area contributed by atoms with Crippen LogP contribution in [0.2, 0.25) is 0 Å². The monoisotopic (exact) mass is 221 g/mol. The Morgan fingerprint density at radius 3 is 2.75 bits per heavy atom. The normalized spacial score (nSPS) is 11.2. The highest BCUT2D eigenvalue weighted by atomic mass is 16.1. The van der Waals surface area contributed by atoms with E-state index in [4.69, 9.17) is 0 Å². The van der Waals surface area contributed by atoms with Gasteiger partial charge in [-0.25, -0.2) is 9.97 Å². The summed E-state index contributed by atoms with van der Waals surface area (Å²) < 4.78 is 0. The molecule has 88 valence electrons. The fourth-order valence-electron chi connectivity index (χ4n) is 1.34. The minimum Gasteiger partial charge on any atom is -0.351 e. The van der Waals surface area contributed by atoms with E-state index in [1.807, 2.05) is 0 Å². The van der Waals surface area contributed by atoms with Gasteiger partial charge in [-0.05, 0) is 24.3 Å². The number of aromatic nitrogens is 2. The molecule has 0 fully saturated rings. The predicted octanol–water partition coefficient (Wildman–Crippen LogP) is 2.03. The minimum atomic E-state index is -0.128. The van der Waals surface area contributed by atoms with Crippen LogP contribution in [0.1, 0.15) is 44.1 Å². The van der Waals surface area contributed by atoms with Crippen molar-refractivity contribution in [1.29, 1.82) is 0 Å². The molecular formula is C12H19N3O. The van der Waals surface area contributed by atoms with Gasteiger partial charge in [0.05, 0.1) is 0 Å². The molecule has 0 saturated carbocycles. The van der Waals surface area contributed by atoms with Crippen LogP contribution in [0.25, 0.3) is 0 Å². The number of nitrogens with zero attached hydrogens (tertiary/aromatic N) is 2. The van der Waals surface area contributed by atoms with E-state index in [0.717, 1.165) is 12.8 Å². The molecule has 0 bridgehead atoms. The van der Waals surface area contributed by atoms with Crippen molar-refractivity contribution in [2.75, 3.05) is 6.54 Å². The van der Waals surface area contributed by atoms with Gasteiger partial charge in [0, 0.05) is 12.7 Å². The summed E-state index contributed by atoms with van der Waals surface area (Å²) in [7, 11) is 0. The first-order valence-corrected chi connectivity index (χ1v) is 5.53. The third-order valence-corrected chi connectivity index (χ3v) is 2.20. The first-order valence-electron chi connectivity index (χ1n) is 5.53. The summed E-state index contributed by atoms with van der Waals surface area (Å²) in [5.41, 5.74) is 0.741. The lowest BCUT2D eigenvalue weighted by Gasteiger charge is -2.17. The van der Waals surface area contributed by atoms with Crippen LogP contribution in [0.15, 0.2) is 18.6 Å². The maximum atomic E-state index is 11.6. The molecule has 1 heterocycles. The molecule has 1 amide bonds. The molecule has 0 atom stereocenters. The van der Waals surface area contributed by atoms with Gasteiger partial charge in [0.25, 0.3) is 5.91 Å². The summed E-state index contributed by atoms with van der Waals surface area (Å²) in [6.45, 7) is 7.28. The summed E-state index contributed by atoms with van der Waals surface area (Å²) in [6, 6.07) is 1.61. The highest BCUT2D eigenvalue weighted by molar-refractivity contribution is 5.91. The Morgan fingerprint density at radius 1 is 1.44 bits per heavy atom. The van der Waals surface area contributed by atoms with Gasteiger partial charge in [-0.2, -0.15) is 0 Å². The molecule has 1 N–H and O–H groups in total. The van der Waals surface area contributed by atoms with Crippen molar-refractivity contribution in [3.05, 3.63) is 24.3 Å². The summed E-state index contributed by atoms with van der Waals surface area (Å²) in [5.74, 6) is -0.128. The van der Waals surface area contributed by atoms with E-state index >= 15 is 0 Å². The Morgan fingerprint density at radius 2 is 2.19 bits per heavy atom. The Bertz CT molecular complexity index is 330. The Balaban J connectivity index is 2.27. The molecule has 0 aliphatic heterocycles. The smallest absolute Gasteiger partial charge is 0.270 e. The highest BCUT2D eigenvalue weighted by Crippen LogP contribution is 2.19. The van der Waals surface area contributed by atoms with Crippen LogP contribution in [0.4, 0.5) is 0 Å². The fourth-order valence-corrected chi connectivity index (χ4v) is 1.34. The van der Waals surface area contributed by atoms with Crippen molar-refractivity contribution in [3.8, 4) is 0 Å². The molecule has 4 nitrogen and oxygen atoms in total. The summed E-state index contributed by atoms with van der Waals surface area (Å²) >= 11 is 0. The van der Waals surface area contributed by atoms with Gasteiger partial charge in [-0.3, -0.25) is 4.79 Å². The second-order valence-corrected chi connectivity index (χ2v) is 5.01. The SMILES string of the molecule is CC(C)(C)CCCNC(=O)c1ccncn1. The molecule has 0 radical (unpaired) electrons. The van der Waals surface area contributed by atoms with Crippen LogP contribution in [-0.2, 0) is 0 Å². The van der Waals surface area contributed by atoms with Crippen LogP contribution in [-0.4, -0.2) is 22.4 Å². The highest BCUT2D eigenvalue weighted by Gasteiger charge is 2.10. The summed E-state index contributed by atoms with van der Waals surface area (Å²) in [5, 5.41) is 2.84. The van der Waals surface area contributed by atoms with Crippen molar-refractivity contribution < 1.29 is 4.79 Å². The lowest BCUT2D eigenvalue weighted by atomic mass is 9.91. The molecule has 0 aromatic carbocycles. The number of rotatable bonds is 4. The zero-order valence-corrected chi connectivity index (χ0v) is 10.2. The van der Waals surface area contributed by atoms with E-state index in [2.05, 4.69) is 36.1 Å². The number of amides is 1. The first kappa shape index (κ1) is 12.6. The number of carbonyl (C=O) groups is 1. The van der Waals surface area contributed by atoms with E-state index < -0.39 is 0 Å². The zero-order chi connectivity index (χ0) is 12.0. The van der Waals surface area contributed by atoms with Crippen LogP contribution < -0.4 is 5.32 Å². The van der Waals surface area contributed by atoms with Crippen LogP contribution in [0, 0.1) is 5.41 Å². The van der Waals surface area contributed by atoms with E-state index in [-0.39, 0.29) is 5.91 Å². The molecule has 1 rings (SSSR count). The van der Waals surface area contributed by atoms with Crippen molar-refractivity contribution in [1.82, 2.24) is 15.3 Å². The fraction of sp³-hybridized carbons (Fsp3) is 0.583. The van der Waals surface area contributed by atoms with Gasteiger partial charge in [-0.1, -0.05) is 20.8 Å². The molecule has 4 heteroatoms. The van der Waals surface area contributed by atoms with E-state index in [1.54, 1.807) is 12.3 Å². The average Bonchev–Trinajstić information content (AvgIpc) is 2.24. The standard InChI is InChI=1S/C12H19N3O/c1-12(2,3)6-4-7-14-11(16)10-5-8-13-9-15-10/h5,8-9H,4,6-7H2,1-3H3,(H,14,16). The van der Waals surface area contributed by atoms with Gasteiger partial charge in [0.2, 0.25) is 0 Å². The Hall–Kier alpha value is -1.45. The molecule has 0 spiro atoms. The Labute approximate surface area is 96.5 Å². The third-order valence-electron chi connectivity index (χ3n) is 2.20. The maximum Gasteiger partial charge on any atom is 0.270 e. The van der Waals surface area contributed by atoms with Gasteiger partial charge >= 0.3 is 0 Å². The number of hydrogen-bond acceptors (Lipinski definition) is 3. The second-order valence-electron chi connectivity index (χ2n) is 5.01. The molecule has 16 heavy (non-hydrogen) atoms. The van der Waals surface area contributed by atoms with Crippen LogP contribution in [0.3, 0.4) is 0 Å². The lowest BCUT2D eigenvalue weighted by Crippen LogP contribution is -2.26. The Kier molecular flexibility index (Phi) is 4.40. The molecule has 0 unspecified atom stereocenters. The topological polar surface area (TPSA) is 54.9 Å². The number of hydrogen-bond donors (Lipinski definition) is 1. The molecular weight excluding hydrogens is 202 g/mol. The number of nitrogens with one attached hydrogen (secondary N) is 1. The first-order chi connectivity index (χ1) is 7.49. The zero-order valence-electron chi connectivity index (χ0n) is 10.2. The van der Waals surface area contributed by atoms with Crippen molar-refractivity contribution >= 4 is 5.91 Å². The number of carbonyl (C=O) groups excluding carboxylic acids is 1. The summed E-state index contributed by atoms with van der Waals surface area (Å²) in [4.78, 5) is 19.2. The van der Waals surface area contributed by atoms with Gasteiger partial charge in [0.1, 0.15) is 12.0 Å². The van der Waals surface area contributed by atoms with Gasteiger partial charge in [-0.15, -0.1) is 0 Å². The van der Waals surface area contributed by atoms with Gasteiger partial charge in [0.15, 0.2) is 0 Å². The summed E-state index contributed by atoms with van der Waals surface area (Å²) in [6.07, 6.45) is 5.03. The van der Waals surface area contributed by atoms with Gasteiger partial charge < -0.3 is 5.32 Å². The minimum absolute atomic E-state index is 0.128. The lowest BCUT2D eigenvalue weighted by molar-refractivity contribution is 0.0946. The quantitative estimate of drug-likeness (QED) is 0.791. The van der Waals surface area contributed by atoms with Crippen LogP contribution in [0.5, 0.6) is 0 Å². The molecule has 0 aliphatic rings. The molecule has 0 aliphatic carbocycles. The van der Waals surface area contributed by atoms with E-state index in [9.17, 15) is 4.79 Å².